The number of pyridine rings is 1. The third kappa shape index (κ3) is 2.99. The van der Waals surface area contributed by atoms with Gasteiger partial charge in [-0.2, -0.15) is 0 Å². The van der Waals surface area contributed by atoms with Gasteiger partial charge < -0.3 is 14.1 Å². The second kappa shape index (κ2) is 6.16. The molecule has 0 aliphatic heterocycles. The van der Waals surface area contributed by atoms with Gasteiger partial charge in [0, 0.05) is 19.7 Å². The van der Waals surface area contributed by atoms with Gasteiger partial charge in [-0.15, -0.1) is 0 Å². The zero-order valence-corrected chi connectivity index (χ0v) is 12.8. The number of furan rings is 1. The molecule has 0 saturated carbocycles. The number of aryl methyl sites for hydroxylation is 1. The van der Waals surface area contributed by atoms with E-state index in [2.05, 4.69) is 0 Å². The van der Waals surface area contributed by atoms with Gasteiger partial charge in [-0.3, -0.25) is 9.59 Å². The SMILES string of the molecule is Cn1ccc(C(=O)c2ccc(Cc3ccc(F)cc3)o2)c(O)c1=O. The smallest absolute Gasteiger partial charge is 0.293 e. The van der Waals surface area contributed by atoms with Gasteiger partial charge in [-0.1, -0.05) is 12.1 Å². The van der Waals surface area contributed by atoms with Gasteiger partial charge in [0.2, 0.25) is 5.78 Å². The van der Waals surface area contributed by atoms with Crippen LogP contribution in [0, 0.1) is 5.82 Å². The lowest BCUT2D eigenvalue weighted by Crippen LogP contribution is -2.18. The van der Waals surface area contributed by atoms with Crippen LogP contribution in [0.3, 0.4) is 0 Å². The van der Waals surface area contributed by atoms with E-state index in [4.69, 9.17) is 4.42 Å². The molecule has 3 aromatic rings. The number of carbonyl (C=O) groups is 1. The highest BCUT2D eigenvalue weighted by atomic mass is 19.1. The largest absolute Gasteiger partial charge is 0.503 e. The molecule has 1 N–H and O–H groups in total. The van der Waals surface area contributed by atoms with Crippen LogP contribution < -0.4 is 5.56 Å². The van der Waals surface area contributed by atoms with E-state index in [1.807, 2.05) is 0 Å². The maximum absolute atomic E-state index is 12.9. The van der Waals surface area contributed by atoms with E-state index in [1.165, 1.54) is 42.1 Å². The Morgan fingerprint density at radius 2 is 1.88 bits per heavy atom. The number of carbonyl (C=O) groups excluding carboxylic acids is 1. The summed E-state index contributed by atoms with van der Waals surface area (Å²) in [5.74, 6) is -0.962. The molecule has 24 heavy (non-hydrogen) atoms. The van der Waals surface area contributed by atoms with Crippen molar-refractivity contribution < 1.29 is 18.7 Å². The molecule has 1 aromatic carbocycles. The molecule has 3 rings (SSSR count). The quantitative estimate of drug-likeness (QED) is 0.748. The lowest BCUT2D eigenvalue weighted by atomic mass is 10.1. The highest BCUT2D eigenvalue weighted by Gasteiger charge is 2.19. The molecule has 0 spiro atoms. The maximum atomic E-state index is 12.9. The summed E-state index contributed by atoms with van der Waals surface area (Å²) in [5, 5.41) is 9.85. The van der Waals surface area contributed by atoms with Crippen molar-refractivity contribution in [3.8, 4) is 5.75 Å². The second-order valence-electron chi connectivity index (χ2n) is 5.39. The first-order chi connectivity index (χ1) is 11.5. The Kier molecular flexibility index (Phi) is 4.04. The van der Waals surface area contributed by atoms with Crippen LogP contribution >= 0.6 is 0 Å². The van der Waals surface area contributed by atoms with Crippen LogP contribution in [0.5, 0.6) is 5.75 Å². The molecule has 0 fully saturated rings. The summed E-state index contributed by atoms with van der Waals surface area (Å²) >= 11 is 0. The molecule has 0 saturated heterocycles. The predicted octanol–water partition coefficient (Wildman–Crippen LogP) is 2.64. The normalized spacial score (nSPS) is 10.8. The van der Waals surface area contributed by atoms with E-state index in [1.54, 1.807) is 18.2 Å². The minimum atomic E-state index is -0.654. The Morgan fingerprint density at radius 3 is 2.58 bits per heavy atom. The fourth-order valence-electron chi connectivity index (χ4n) is 2.33. The zero-order valence-electron chi connectivity index (χ0n) is 12.8. The van der Waals surface area contributed by atoms with Gasteiger partial charge in [0.05, 0.1) is 5.56 Å². The summed E-state index contributed by atoms with van der Waals surface area (Å²) in [4.78, 5) is 24.1. The molecule has 0 atom stereocenters. The van der Waals surface area contributed by atoms with Gasteiger partial charge in [-0.05, 0) is 35.9 Å². The van der Waals surface area contributed by atoms with Gasteiger partial charge in [0.25, 0.3) is 5.56 Å². The van der Waals surface area contributed by atoms with E-state index < -0.39 is 17.1 Å². The number of ketones is 1. The molecule has 122 valence electrons. The Labute approximate surface area is 136 Å². The first-order valence-corrected chi connectivity index (χ1v) is 7.22. The van der Waals surface area contributed by atoms with Crippen molar-refractivity contribution in [1.82, 2.24) is 4.57 Å². The highest BCUT2D eigenvalue weighted by Crippen LogP contribution is 2.20. The second-order valence-corrected chi connectivity index (χ2v) is 5.39. The van der Waals surface area contributed by atoms with Crippen LogP contribution in [0.2, 0.25) is 0 Å². The van der Waals surface area contributed by atoms with Crippen molar-refractivity contribution in [2.75, 3.05) is 0 Å². The fourth-order valence-corrected chi connectivity index (χ4v) is 2.33. The number of benzene rings is 1. The van der Waals surface area contributed by atoms with Crippen LogP contribution in [0.15, 0.2) is 57.9 Å². The van der Waals surface area contributed by atoms with Crippen LogP contribution in [0.25, 0.3) is 0 Å². The number of halogens is 1. The summed E-state index contributed by atoms with van der Waals surface area (Å²) in [6, 6.07) is 10.4. The van der Waals surface area contributed by atoms with Gasteiger partial charge >= 0.3 is 0 Å². The van der Waals surface area contributed by atoms with Crippen LogP contribution in [-0.2, 0) is 13.5 Å². The highest BCUT2D eigenvalue weighted by molar-refractivity contribution is 6.08. The third-order valence-corrected chi connectivity index (χ3v) is 3.66. The fraction of sp³-hybridized carbons (Fsp3) is 0.111. The van der Waals surface area contributed by atoms with Crippen molar-refractivity contribution in [1.29, 1.82) is 0 Å². The molecule has 0 amide bonds. The Balaban J connectivity index is 1.85. The number of hydrogen-bond donors (Lipinski definition) is 1. The van der Waals surface area contributed by atoms with Gasteiger partial charge in [0.1, 0.15) is 11.6 Å². The number of aromatic nitrogens is 1. The Morgan fingerprint density at radius 1 is 1.17 bits per heavy atom. The van der Waals surface area contributed by atoms with Crippen molar-refractivity contribution in [2.45, 2.75) is 6.42 Å². The maximum Gasteiger partial charge on any atom is 0.293 e. The van der Waals surface area contributed by atoms with Crippen molar-refractivity contribution in [3.63, 3.8) is 0 Å². The number of rotatable bonds is 4. The Bertz CT molecular complexity index is 954. The minimum absolute atomic E-state index is 0.0238. The van der Waals surface area contributed by atoms with Crippen LogP contribution in [-0.4, -0.2) is 15.5 Å². The molecule has 0 unspecified atom stereocenters. The molecular weight excluding hydrogens is 313 g/mol. The van der Waals surface area contributed by atoms with Gasteiger partial charge in [-0.25, -0.2) is 4.39 Å². The predicted molar refractivity (Wildman–Crippen MR) is 84.7 cm³/mol. The van der Waals surface area contributed by atoms with E-state index in [0.29, 0.717) is 12.2 Å². The third-order valence-electron chi connectivity index (χ3n) is 3.66. The average molecular weight is 327 g/mol. The van der Waals surface area contributed by atoms with E-state index in [0.717, 1.165) is 5.56 Å². The summed E-state index contributed by atoms with van der Waals surface area (Å²) in [5.41, 5.74) is 0.0703. The molecule has 2 aromatic heterocycles. The topological polar surface area (TPSA) is 72.4 Å². The van der Waals surface area contributed by atoms with E-state index in [9.17, 15) is 19.1 Å². The molecule has 0 aliphatic carbocycles. The number of aromatic hydroxyl groups is 1. The van der Waals surface area contributed by atoms with Gasteiger partial charge in [0.15, 0.2) is 11.5 Å². The minimum Gasteiger partial charge on any atom is -0.503 e. The Hall–Kier alpha value is -3.15. The standard InChI is InChI=1S/C18H14FNO4/c1-20-9-8-14(17(22)18(20)23)16(21)15-7-6-13(24-15)10-11-2-4-12(19)5-3-11/h2-9,22H,10H2,1H3. The summed E-state index contributed by atoms with van der Waals surface area (Å²) in [6.07, 6.45) is 1.80. The summed E-state index contributed by atoms with van der Waals surface area (Å²) in [7, 11) is 1.48. The molecule has 0 bridgehead atoms. The molecule has 0 radical (unpaired) electrons. The zero-order chi connectivity index (χ0) is 17.3. The van der Waals surface area contributed by atoms with Crippen molar-refractivity contribution in [2.24, 2.45) is 7.05 Å². The molecule has 6 heteroatoms. The van der Waals surface area contributed by atoms with E-state index >= 15 is 0 Å². The summed E-state index contributed by atoms with van der Waals surface area (Å²) < 4.78 is 19.6. The van der Waals surface area contributed by atoms with Crippen LogP contribution in [0.1, 0.15) is 27.4 Å². The molecule has 5 nitrogen and oxygen atoms in total. The lowest BCUT2D eigenvalue weighted by Gasteiger charge is -2.03. The van der Waals surface area contributed by atoms with Crippen molar-refractivity contribution >= 4 is 5.78 Å². The summed E-state index contributed by atoms with van der Waals surface area (Å²) in [6.45, 7) is 0. The first-order valence-electron chi connectivity index (χ1n) is 7.22. The monoisotopic (exact) mass is 327 g/mol. The number of nitrogens with zero attached hydrogens (tertiary/aromatic N) is 1. The average Bonchev–Trinajstić information content (AvgIpc) is 3.03. The van der Waals surface area contributed by atoms with E-state index in [-0.39, 0.29) is 17.1 Å². The number of hydrogen-bond acceptors (Lipinski definition) is 4. The van der Waals surface area contributed by atoms with Crippen molar-refractivity contribution in [3.05, 3.63) is 87.5 Å². The molecular formula is C18H14FNO4. The van der Waals surface area contributed by atoms with Crippen LogP contribution in [0.4, 0.5) is 4.39 Å². The molecule has 0 aliphatic rings. The lowest BCUT2D eigenvalue weighted by molar-refractivity contribution is 0.100. The first kappa shape index (κ1) is 15.7. The molecule has 2 heterocycles.